The van der Waals surface area contributed by atoms with Gasteiger partial charge >= 0.3 is 0 Å². The fourth-order valence-electron chi connectivity index (χ4n) is 5.23. The first kappa shape index (κ1) is 28.6. The Morgan fingerprint density at radius 2 is 1.89 bits per heavy atom. The maximum absolute atomic E-state index is 4.72. The fourth-order valence-corrected chi connectivity index (χ4v) is 5.23. The summed E-state index contributed by atoms with van der Waals surface area (Å²) in [6.45, 7) is 22.1. The third kappa shape index (κ3) is 7.70. The van der Waals surface area contributed by atoms with Gasteiger partial charge in [-0.15, -0.1) is 6.58 Å². The summed E-state index contributed by atoms with van der Waals surface area (Å²) >= 11 is 0. The number of anilines is 1. The Morgan fingerprint density at radius 3 is 2.51 bits per heavy atom. The summed E-state index contributed by atoms with van der Waals surface area (Å²) in [4.78, 5) is 4.72. The van der Waals surface area contributed by atoms with Gasteiger partial charge in [0.05, 0.1) is 0 Å². The molecule has 4 nitrogen and oxygen atoms in total. The minimum absolute atomic E-state index is 0.149. The van der Waals surface area contributed by atoms with Crippen molar-refractivity contribution in [2.24, 2.45) is 5.41 Å². The molecule has 192 valence electrons. The molecule has 0 aromatic carbocycles. The summed E-state index contributed by atoms with van der Waals surface area (Å²) in [5, 5.41) is 10.5. The van der Waals surface area contributed by atoms with E-state index in [9.17, 15) is 0 Å². The van der Waals surface area contributed by atoms with E-state index in [2.05, 4.69) is 81.6 Å². The van der Waals surface area contributed by atoms with Crippen molar-refractivity contribution in [2.45, 2.75) is 84.6 Å². The number of fused-ring (bicyclic) bond motifs is 1. The second kappa shape index (κ2) is 13.5. The van der Waals surface area contributed by atoms with Crippen LogP contribution in [0.3, 0.4) is 0 Å². The van der Waals surface area contributed by atoms with Gasteiger partial charge in [0.25, 0.3) is 0 Å². The van der Waals surface area contributed by atoms with Crippen molar-refractivity contribution in [3.05, 3.63) is 84.4 Å². The number of hydrogen-bond donors (Lipinski definition) is 3. The van der Waals surface area contributed by atoms with Crippen LogP contribution in [0.2, 0.25) is 0 Å². The van der Waals surface area contributed by atoms with Crippen molar-refractivity contribution < 1.29 is 0 Å². The summed E-state index contributed by atoms with van der Waals surface area (Å²) in [5.41, 5.74) is 5.92. The number of aromatic nitrogens is 1. The number of rotatable bonds is 16. The quantitative estimate of drug-likeness (QED) is 0.134. The van der Waals surface area contributed by atoms with Crippen LogP contribution in [-0.4, -0.2) is 24.1 Å². The third-order valence-corrected chi connectivity index (χ3v) is 7.37. The fraction of sp³-hybridized carbons (Fsp3) is 0.516. The Balaban J connectivity index is 2.12. The van der Waals surface area contributed by atoms with E-state index in [1.807, 2.05) is 25.4 Å². The SMILES string of the molecule is C=C/C=C\C(=C(/C)NC)C1(C=C)Cc2cnc(NC(=C)CNC(C)(CCC)CCCCC)cc2C1. The molecule has 0 spiro atoms. The maximum atomic E-state index is 4.72. The number of pyridine rings is 1. The smallest absolute Gasteiger partial charge is 0.130 e. The van der Waals surface area contributed by atoms with Crippen molar-refractivity contribution in [3.8, 4) is 0 Å². The zero-order valence-electron chi connectivity index (χ0n) is 22.9. The second-order valence-electron chi connectivity index (χ2n) is 10.3. The molecular formula is C31H48N4. The molecule has 1 aromatic rings. The molecule has 0 saturated carbocycles. The predicted molar refractivity (Wildman–Crippen MR) is 154 cm³/mol. The monoisotopic (exact) mass is 476 g/mol. The molecule has 3 N–H and O–H groups in total. The summed E-state index contributed by atoms with van der Waals surface area (Å²) in [7, 11) is 1.97. The van der Waals surface area contributed by atoms with E-state index >= 15 is 0 Å². The number of nitrogens with zero attached hydrogens (tertiary/aromatic N) is 1. The van der Waals surface area contributed by atoms with Gasteiger partial charge in [0, 0.05) is 42.1 Å². The minimum atomic E-state index is -0.158. The number of hydrogen-bond acceptors (Lipinski definition) is 4. The highest BCUT2D eigenvalue weighted by atomic mass is 15.0. The molecule has 2 unspecified atom stereocenters. The van der Waals surface area contributed by atoms with Crippen LogP contribution in [0, 0.1) is 5.41 Å². The molecule has 4 heteroatoms. The van der Waals surface area contributed by atoms with E-state index in [1.165, 1.54) is 55.2 Å². The zero-order chi connectivity index (χ0) is 25.9. The van der Waals surface area contributed by atoms with Crippen molar-refractivity contribution in [3.63, 3.8) is 0 Å². The van der Waals surface area contributed by atoms with Crippen LogP contribution in [0.25, 0.3) is 0 Å². The van der Waals surface area contributed by atoms with Gasteiger partial charge in [0.2, 0.25) is 0 Å². The highest BCUT2D eigenvalue weighted by molar-refractivity contribution is 5.51. The lowest BCUT2D eigenvalue weighted by Gasteiger charge is -2.31. The van der Waals surface area contributed by atoms with Crippen LogP contribution in [0.15, 0.2) is 73.3 Å². The maximum Gasteiger partial charge on any atom is 0.130 e. The van der Waals surface area contributed by atoms with Gasteiger partial charge in [-0.05, 0) is 62.3 Å². The van der Waals surface area contributed by atoms with Crippen molar-refractivity contribution in [2.75, 3.05) is 18.9 Å². The van der Waals surface area contributed by atoms with Crippen LogP contribution in [0.5, 0.6) is 0 Å². The molecule has 0 radical (unpaired) electrons. The third-order valence-electron chi connectivity index (χ3n) is 7.37. The van der Waals surface area contributed by atoms with Crippen LogP contribution in [0.1, 0.15) is 77.3 Å². The van der Waals surface area contributed by atoms with Gasteiger partial charge in [-0.1, -0.05) is 77.0 Å². The highest BCUT2D eigenvalue weighted by Crippen LogP contribution is 2.45. The van der Waals surface area contributed by atoms with Crippen molar-refractivity contribution in [1.82, 2.24) is 15.6 Å². The molecule has 2 atom stereocenters. The molecule has 0 aliphatic heterocycles. The molecular weight excluding hydrogens is 428 g/mol. The van der Waals surface area contributed by atoms with Crippen LogP contribution >= 0.6 is 0 Å². The molecule has 1 aliphatic carbocycles. The molecule has 0 fully saturated rings. The lowest BCUT2D eigenvalue weighted by atomic mass is 9.76. The van der Waals surface area contributed by atoms with Crippen molar-refractivity contribution in [1.29, 1.82) is 0 Å². The summed E-state index contributed by atoms with van der Waals surface area (Å²) in [6.07, 6.45) is 19.2. The van der Waals surface area contributed by atoms with E-state index < -0.39 is 0 Å². The van der Waals surface area contributed by atoms with Gasteiger partial charge in [-0.3, -0.25) is 0 Å². The largest absolute Gasteiger partial charge is 0.391 e. The van der Waals surface area contributed by atoms with Gasteiger partial charge in [0.15, 0.2) is 0 Å². The van der Waals surface area contributed by atoms with Crippen LogP contribution in [-0.2, 0) is 12.8 Å². The van der Waals surface area contributed by atoms with E-state index in [0.29, 0.717) is 0 Å². The number of allylic oxidation sites excluding steroid dienone is 6. The average molecular weight is 477 g/mol. The Morgan fingerprint density at radius 1 is 1.14 bits per heavy atom. The molecule has 0 saturated heterocycles. The zero-order valence-corrected chi connectivity index (χ0v) is 22.9. The first-order valence-electron chi connectivity index (χ1n) is 13.3. The lowest BCUT2D eigenvalue weighted by molar-refractivity contribution is 0.305. The summed E-state index contributed by atoms with van der Waals surface area (Å²) < 4.78 is 0. The summed E-state index contributed by atoms with van der Waals surface area (Å²) in [5.74, 6) is 0.857. The Kier molecular flexibility index (Phi) is 11.0. The van der Waals surface area contributed by atoms with Gasteiger partial charge in [-0.2, -0.15) is 0 Å². The normalized spacial score (nSPS) is 19.6. The minimum Gasteiger partial charge on any atom is -0.391 e. The lowest BCUT2D eigenvalue weighted by Crippen LogP contribution is -2.43. The molecule has 0 amide bonds. The van der Waals surface area contributed by atoms with Crippen LogP contribution < -0.4 is 16.0 Å². The van der Waals surface area contributed by atoms with Gasteiger partial charge < -0.3 is 16.0 Å². The Bertz CT molecular complexity index is 941. The standard InChI is InChI=1S/C31H48N4/c1-9-13-15-18-30(7,17-11-3)34-22-24(5)35-29-19-26-20-31(12-4,21-27(26)23-33-29)28(16-14-10-2)25(6)32-8/h10,12,14,16,19,23,32,34H,2,4-5,9,11,13,15,17-18,20-22H2,1,3,6-8H3,(H,33,35)/b16-14-,28-25-. The predicted octanol–water partition coefficient (Wildman–Crippen LogP) is 7.24. The van der Waals surface area contributed by atoms with Gasteiger partial charge in [0.1, 0.15) is 5.82 Å². The van der Waals surface area contributed by atoms with E-state index in [0.717, 1.165) is 36.6 Å². The molecule has 35 heavy (non-hydrogen) atoms. The van der Waals surface area contributed by atoms with Crippen LogP contribution in [0.4, 0.5) is 5.82 Å². The molecule has 0 bridgehead atoms. The highest BCUT2D eigenvalue weighted by Gasteiger charge is 2.38. The molecule has 2 rings (SSSR count). The molecule has 1 aliphatic rings. The summed E-state index contributed by atoms with van der Waals surface area (Å²) in [6, 6.07) is 2.18. The number of unbranched alkanes of at least 4 members (excludes halogenated alkanes) is 2. The topological polar surface area (TPSA) is 49.0 Å². The van der Waals surface area contributed by atoms with Crippen molar-refractivity contribution >= 4 is 5.82 Å². The van der Waals surface area contributed by atoms with Gasteiger partial charge in [-0.25, -0.2) is 4.98 Å². The first-order chi connectivity index (χ1) is 16.8. The Labute approximate surface area is 214 Å². The van der Waals surface area contributed by atoms with E-state index in [-0.39, 0.29) is 11.0 Å². The molecule has 1 aromatic heterocycles. The van der Waals surface area contributed by atoms with E-state index in [4.69, 9.17) is 4.98 Å². The van der Waals surface area contributed by atoms with E-state index in [1.54, 1.807) is 0 Å². The molecule has 1 heterocycles. The Hall–Kier alpha value is -2.59. The first-order valence-corrected chi connectivity index (χ1v) is 13.3. The average Bonchev–Trinajstić information content (AvgIpc) is 3.22. The number of nitrogens with one attached hydrogen (secondary N) is 3. The second-order valence-corrected chi connectivity index (χ2v) is 10.3.